The number of hydrogen-bond donors (Lipinski definition) is 2. The summed E-state index contributed by atoms with van der Waals surface area (Å²) in [4.78, 5) is 26.9. The summed E-state index contributed by atoms with van der Waals surface area (Å²) in [6.07, 6.45) is 1.49. The number of halogens is 3. The number of nitrogens with zero attached hydrogens (tertiary/aromatic N) is 1. The van der Waals surface area contributed by atoms with E-state index in [9.17, 15) is 18.0 Å². The van der Waals surface area contributed by atoms with Crippen LogP contribution in [0.1, 0.15) is 65.3 Å². The molecule has 35 heavy (non-hydrogen) atoms. The number of carbonyl (C=O) groups is 2. The summed E-state index contributed by atoms with van der Waals surface area (Å²) in [6.45, 7) is 5.59. The van der Waals surface area contributed by atoms with Crippen molar-refractivity contribution in [3.63, 3.8) is 0 Å². The fraction of sp³-hybridized carbons (Fsp3) is 0.538. The standard InChI is InChI=1S/C24H30N2OS.C2HF3O2/c1-17-6-9-20(28-17)16-26-12-10-24(11-13-26)15-18(14-23(27)25-19-7-8-19)21-4-2-3-5-22(21)24;3-2(4,5)1(6)7/h2-6,9,18-19H,7-8,10-16H2,1H3,(H,25,27);(H,6,7). The maximum Gasteiger partial charge on any atom is 0.490 e. The predicted octanol–water partition coefficient (Wildman–Crippen LogP) is 5.38. The Labute approximate surface area is 207 Å². The number of likely N-dealkylation sites (tertiary alicyclic amines) is 1. The summed E-state index contributed by atoms with van der Waals surface area (Å²) in [5.41, 5.74) is 3.25. The number of carbonyl (C=O) groups excluding carboxylic acids is 1. The Morgan fingerprint density at radius 3 is 2.37 bits per heavy atom. The van der Waals surface area contributed by atoms with Crippen LogP contribution in [0.25, 0.3) is 0 Å². The monoisotopic (exact) mass is 508 g/mol. The molecular weight excluding hydrogens is 477 g/mol. The van der Waals surface area contributed by atoms with Crippen molar-refractivity contribution >= 4 is 23.2 Å². The zero-order valence-electron chi connectivity index (χ0n) is 19.7. The number of benzene rings is 1. The van der Waals surface area contributed by atoms with Gasteiger partial charge in [-0.3, -0.25) is 9.69 Å². The lowest BCUT2D eigenvalue weighted by Crippen LogP contribution is -2.41. The molecule has 1 saturated carbocycles. The Balaban J connectivity index is 0.000000364. The van der Waals surface area contributed by atoms with Gasteiger partial charge in [0.25, 0.3) is 0 Å². The van der Waals surface area contributed by atoms with Crippen LogP contribution in [0.3, 0.4) is 0 Å². The third-order valence-corrected chi connectivity index (χ3v) is 8.20. The lowest BCUT2D eigenvalue weighted by atomic mass is 9.73. The minimum absolute atomic E-state index is 0.254. The van der Waals surface area contributed by atoms with Gasteiger partial charge in [0.15, 0.2) is 0 Å². The highest BCUT2D eigenvalue weighted by Crippen LogP contribution is 2.52. The van der Waals surface area contributed by atoms with Crippen LogP contribution in [0.5, 0.6) is 0 Å². The molecule has 2 aliphatic carbocycles. The van der Waals surface area contributed by atoms with Crippen molar-refractivity contribution in [3.05, 3.63) is 57.3 Å². The Bertz CT molecular complexity index is 1060. The third-order valence-electron chi connectivity index (χ3n) is 7.21. The number of carboxylic acids is 1. The van der Waals surface area contributed by atoms with Gasteiger partial charge < -0.3 is 10.4 Å². The third kappa shape index (κ3) is 6.44. The molecular formula is C26H31F3N2O3S. The van der Waals surface area contributed by atoms with E-state index in [1.807, 2.05) is 11.3 Å². The molecule has 1 aromatic heterocycles. The second-order valence-electron chi connectivity index (χ2n) is 9.91. The molecule has 5 nitrogen and oxygen atoms in total. The fourth-order valence-corrected chi connectivity index (χ4v) is 6.28. The summed E-state index contributed by atoms with van der Waals surface area (Å²) in [5.74, 6) is -2.11. The van der Waals surface area contributed by atoms with Crippen LogP contribution < -0.4 is 5.32 Å². The molecule has 2 heterocycles. The van der Waals surface area contributed by atoms with Crippen molar-refractivity contribution in [1.29, 1.82) is 0 Å². The quantitative estimate of drug-likeness (QED) is 0.569. The highest BCUT2D eigenvalue weighted by atomic mass is 32.1. The number of piperidine rings is 1. The van der Waals surface area contributed by atoms with Crippen LogP contribution in [-0.2, 0) is 21.5 Å². The van der Waals surface area contributed by atoms with Gasteiger partial charge in [-0.1, -0.05) is 24.3 Å². The van der Waals surface area contributed by atoms with Gasteiger partial charge >= 0.3 is 12.1 Å². The first kappa shape index (κ1) is 25.7. The number of alkyl halides is 3. The second-order valence-corrected chi connectivity index (χ2v) is 11.3. The lowest BCUT2D eigenvalue weighted by molar-refractivity contribution is -0.192. The molecule has 5 rings (SSSR count). The van der Waals surface area contributed by atoms with Gasteiger partial charge in [0.2, 0.25) is 5.91 Å². The van der Waals surface area contributed by atoms with Gasteiger partial charge in [-0.05, 0) is 86.7 Å². The predicted molar refractivity (Wildman–Crippen MR) is 129 cm³/mol. The number of thiophene rings is 1. The van der Waals surface area contributed by atoms with E-state index in [0.717, 1.165) is 38.9 Å². The summed E-state index contributed by atoms with van der Waals surface area (Å²) < 4.78 is 31.7. The zero-order valence-corrected chi connectivity index (χ0v) is 20.6. The maximum absolute atomic E-state index is 12.5. The van der Waals surface area contributed by atoms with E-state index in [1.165, 1.54) is 33.7 Å². The largest absolute Gasteiger partial charge is 0.490 e. The average molecular weight is 509 g/mol. The molecule has 1 unspecified atom stereocenters. The van der Waals surface area contributed by atoms with Crippen molar-refractivity contribution < 1.29 is 27.9 Å². The first-order chi connectivity index (χ1) is 16.6. The average Bonchev–Trinajstić information content (AvgIpc) is 3.44. The molecule has 1 aliphatic heterocycles. The number of aliphatic carboxylic acids is 1. The van der Waals surface area contributed by atoms with Crippen LogP contribution in [0, 0.1) is 6.92 Å². The van der Waals surface area contributed by atoms with E-state index in [2.05, 4.69) is 53.5 Å². The first-order valence-electron chi connectivity index (χ1n) is 12.0. The molecule has 2 fully saturated rings. The number of rotatable bonds is 5. The van der Waals surface area contributed by atoms with Crippen molar-refractivity contribution in [1.82, 2.24) is 10.2 Å². The molecule has 1 spiro atoms. The number of aryl methyl sites for hydroxylation is 1. The van der Waals surface area contributed by atoms with Gasteiger partial charge in [-0.2, -0.15) is 13.2 Å². The summed E-state index contributed by atoms with van der Waals surface area (Å²) in [7, 11) is 0. The van der Waals surface area contributed by atoms with Crippen LogP contribution in [-0.4, -0.2) is 47.2 Å². The number of nitrogens with one attached hydrogen (secondary N) is 1. The number of fused-ring (bicyclic) bond motifs is 2. The van der Waals surface area contributed by atoms with Gasteiger partial charge in [0.1, 0.15) is 0 Å². The lowest BCUT2D eigenvalue weighted by Gasteiger charge is -2.40. The maximum atomic E-state index is 12.5. The molecule has 3 aliphatic rings. The molecule has 2 N–H and O–H groups in total. The molecule has 0 bridgehead atoms. The summed E-state index contributed by atoms with van der Waals surface area (Å²) in [5, 5.41) is 10.3. The molecule has 1 atom stereocenters. The topological polar surface area (TPSA) is 69.6 Å². The Morgan fingerprint density at radius 2 is 1.80 bits per heavy atom. The van der Waals surface area contributed by atoms with E-state index >= 15 is 0 Å². The Morgan fingerprint density at radius 1 is 1.14 bits per heavy atom. The van der Waals surface area contributed by atoms with Gasteiger partial charge in [-0.25, -0.2) is 4.79 Å². The minimum Gasteiger partial charge on any atom is -0.475 e. The van der Waals surface area contributed by atoms with Gasteiger partial charge in [-0.15, -0.1) is 11.3 Å². The number of hydrogen-bond acceptors (Lipinski definition) is 4. The highest BCUT2D eigenvalue weighted by molar-refractivity contribution is 7.11. The van der Waals surface area contributed by atoms with Crippen LogP contribution in [0.2, 0.25) is 0 Å². The smallest absolute Gasteiger partial charge is 0.475 e. The van der Waals surface area contributed by atoms with E-state index in [0.29, 0.717) is 18.4 Å². The number of amides is 1. The normalized spacial score (nSPS) is 21.2. The van der Waals surface area contributed by atoms with Gasteiger partial charge in [0, 0.05) is 28.8 Å². The Hall–Kier alpha value is -2.39. The van der Waals surface area contributed by atoms with Crippen molar-refractivity contribution in [3.8, 4) is 0 Å². The molecule has 1 saturated heterocycles. The first-order valence-corrected chi connectivity index (χ1v) is 12.8. The molecule has 9 heteroatoms. The van der Waals surface area contributed by atoms with E-state index in [4.69, 9.17) is 9.90 Å². The molecule has 0 radical (unpaired) electrons. The van der Waals surface area contributed by atoms with Crippen LogP contribution in [0.15, 0.2) is 36.4 Å². The van der Waals surface area contributed by atoms with E-state index < -0.39 is 12.1 Å². The van der Waals surface area contributed by atoms with Crippen molar-refractivity contribution in [2.24, 2.45) is 0 Å². The molecule has 1 aromatic carbocycles. The highest BCUT2D eigenvalue weighted by Gasteiger charge is 2.45. The van der Waals surface area contributed by atoms with E-state index in [1.54, 1.807) is 0 Å². The van der Waals surface area contributed by atoms with Crippen molar-refractivity contribution in [2.75, 3.05) is 13.1 Å². The Kier molecular flexibility index (Phi) is 7.57. The molecule has 190 valence electrons. The molecule has 2 aromatic rings. The van der Waals surface area contributed by atoms with Crippen LogP contribution >= 0.6 is 11.3 Å². The minimum atomic E-state index is -5.08. The van der Waals surface area contributed by atoms with Gasteiger partial charge in [0.05, 0.1) is 0 Å². The number of carboxylic acid groups (broad SMARTS) is 1. The summed E-state index contributed by atoms with van der Waals surface area (Å²) in [6, 6.07) is 13.9. The second kappa shape index (κ2) is 10.3. The molecule has 1 amide bonds. The van der Waals surface area contributed by atoms with Crippen LogP contribution in [0.4, 0.5) is 13.2 Å². The summed E-state index contributed by atoms with van der Waals surface area (Å²) >= 11 is 1.92. The SMILES string of the molecule is Cc1ccc(CN2CCC3(CC2)CC(CC(=O)NC2CC2)c2ccccc23)s1.O=C(O)C(F)(F)F. The zero-order chi connectivity index (χ0) is 25.2. The van der Waals surface area contributed by atoms with E-state index in [-0.39, 0.29) is 11.3 Å². The fourth-order valence-electron chi connectivity index (χ4n) is 5.35. The van der Waals surface area contributed by atoms with Crippen molar-refractivity contribution in [2.45, 2.75) is 75.5 Å².